The van der Waals surface area contributed by atoms with Gasteiger partial charge in [-0.2, -0.15) is 0 Å². The molecule has 1 atom stereocenters. The number of carbonyl (C=O) groups is 2. The van der Waals surface area contributed by atoms with Crippen LogP contribution in [0.2, 0.25) is 0 Å². The quantitative estimate of drug-likeness (QED) is 0.544. The van der Waals surface area contributed by atoms with E-state index >= 15 is 0 Å². The first-order chi connectivity index (χ1) is 12.8. The number of methoxy groups -OCH3 is 3. The van der Waals surface area contributed by atoms with Gasteiger partial charge in [-0.15, -0.1) is 0 Å². The molecule has 0 aromatic heterocycles. The molecule has 0 unspecified atom stereocenters. The van der Waals surface area contributed by atoms with Crippen LogP contribution in [-0.4, -0.2) is 39.2 Å². The third kappa shape index (κ3) is 4.39. The smallest absolute Gasteiger partial charge is 0.342 e. The minimum atomic E-state index is -0.947. The second-order valence-corrected chi connectivity index (χ2v) is 6.12. The van der Waals surface area contributed by atoms with E-state index in [0.717, 1.165) is 11.1 Å². The number of hydrogen-bond acceptors (Lipinski definition) is 6. The molecule has 0 heterocycles. The molecule has 2 aromatic carbocycles. The molecule has 0 fully saturated rings. The highest BCUT2D eigenvalue weighted by atomic mass is 16.5. The Morgan fingerprint density at radius 2 is 1.41 bits per heavy atom. The van der Waals surface area contributed by atoms with E-state index in [9.17, 15) is 9.59 Å². The third-order valence-electron chi connectivity index (χ3n) is 4.37. The second kappa shape index (κ2) is 8.58. The number of rotatable bonds is 7. The molecule has 6 nitrogen and oxygen atoms in total. The van der Waals surface area contributed by atoms with Crippen molar-refractivity contribution in [1.29, 1.82) is 0 Å². The van der Waals surface area contributed by atoms with E-state index in [1.54, 1.807) is 19.1 Å². The van der Waals surface area contributed by atoms with E-state index in [1.807, 2.05) is 19.9 Å². The van der Waals surface area contributed by atoms with Crippen LogP contribution in [0.1, 0.15) is 38.8 Å². The number of ketones is 1. The molecule has 2 aromatic rings. The van der Waals surface area contributed by atoms with Crippen molar-refractivity contribution in [1.82, 2.24) is 0 Å². The Morgan fingerprint density at radius 1 is 0.815 bits per heavy atom. The SMILES string of the molecule is COc1cc(OC)c(C(=O)O[C@H](C)C(=O)c2ccc(C)c(C)c2)cc1OC. The summed E-state index contributed by atoms with van der Waals surface area (Å²) in [5, 5.41) is 0. The van der Waals surface area contributed by atoms with Crippen molar-refractivity contribution >= 4 is 11.8 Å². The summed E-state index contributed by atoms with van der Waals surface area (Å²) in [5.74, 6) is 0.0930. The minimum Gasteiger partial charge on any atom is -0.496 e. The van der Waals surface area contributed by atoms with Crippen LogP contribution in [0.15, 0.2) is 30.3 Å². The van der Waals surface area contributed by atoms with Crippen LogP contribution < -0.4 is 14.2 Å². The molecule has 27 heavy (non-hydrogen) atoms. The van der Waals surface area contributed by atoms with Gasteiger partial charge in [0, 0.05) is 17.7 Å². The van der Waals surface area contributed by atoms with E-state index in [1.165, 1.54) is 33.5 Å². The molecular formula is C21H24O6. The van der Waals surface area contributed by atoms with Crippen molar-refractivity contribution in [2.45, 2.75) is 26.9 Å². The van der Waals surface area contributed by atoms with Crippen LogP contribution in [0.5, 0.6) is 17.2 Å². The predicted molar refractivity (Wildman–Crippen MR) is 101 cm³/mol. The average Bonchev–Trinajstić information content (AvgIpc) is 2.68. The summed E-state index contributed by atoms with van der Waals surface area (Å²) in [4.78, 5) is 25.2. The summed E-state index contributed by atoms with van der Waals surface area (Å²) in [7, 11) is 4.38. The Kier molecular flexibility index (Phi) is 6.45. The molecule has 0 radical (unpaired) electrons. The zero-order valence-corrected chi connectivity index (χ0v) is 16.4. The van der Waals surface area contributed by atoms with Gasteiger partial charge in [-0.05, 0) is 38.0 Å². The van der Waals surface area contributed by atoms with Crippen LogP contribution in [-0.2, 0) is 4.74 Å². The van der Waals surface area contributed by atoms with Crippen molar-refractivity contribution in [3.8, 4) is 17.2 Å². The normalized spacial score (nSPS) is 11.5. The fraction of sp³-hybridized carbons (Fsp3) is 0.333. The molecule has 144 valence electrons. The molecule has 0 N–H and O–H groups in total. The first kappa shape index (κ1) is 20.3. The van der Waals surface area contributed by atoms with Gasteiger partial charge >= 0.3 is 5.97 Å². The number of Topliss-reactive ketones (excluding diaryl/α,β-unsaturated/α-hetero) is 1. The Morgan fingerprint density at radius 3 is 1.96 bits per heavy atom. The van der Waals surface area contributed by atoms with Gasteiger partial charge in [0.2, 0.25) is 5.78 Å². The molecule has 0 saturated carbocycles. The van der Waals surface area contributed by atoms with Crippen molar-refractivity contribution in [2.75, 3.05) is 21.3 Å². The summed E-state index contributed by atoms with van der Waals surface area (Å²) < 4.78 is 21.0. The van der Waals surface area contributed by atoms with Gasteiger partial charge in [0.25, 0.3) is 0 Å². The molecule has 0 amide bonds. The van der Waals surface area contributed by atoms with Crippen molar-refractivity contribution < 1.29 is 28.5 Å². The molecule has 0 aliphatic carbocycles. The lowest BCUT2D eigenvalue weighted by Gasteiger charge is -2.16. The van der Waals surface area contributed by atoms with Crippen LogP contribution in [0.25, 0.3) is 0 Å². The van der Waals surface area contributed by atoms with Gasteiger partial charge in [-0.25, -0.2) is 4.79 Å². The molecular weight excluding hydrogens is 348 g/mol. The second-order valence-electron chi connectivity index (χ2n) is 6.12. The fourth-order valence-electron chi connectivity index (χ4n) is 2.60. The number of benzene rings is 2. The molecule has 0 bridgehead atoms. The van der Waals surface area contributed by atoms with Crippen molar-refractivity contribution in [3.63, 3.8) is 0 Å². The zero-order valence-electron chi connectivity index (χ0n) is 16.4. The van der Waals surface area contributed by atoms with Crippen LogP contribution >= 0.6 is 0 Å². The monoisotopic (exact) mass is 372 g/mol. The highest BCUT2D eigenvalue weighted by molar-refractivity contribution is 6.02. The van der Waals surface area contributed by atoms with E-state index < -0.39 is 12.1 Å². The molecule has 6 heteroatoms. The summed E-state index contributed by atoms with van der Waals surface area (Å²) in [5.41, 5.74) is 2.74. The Bertz CT molecular complexity index is 856. The largest absolute Gasteiger partial charge is 0.496 e. The molecule has 0 saturated heterocycles. The fourth-order valence-corrected chi connectivity index (χ4v) is 2.60. The van der Waals surface area contributed by atoms with Crippen LogP contribution in [0.4, 0.5) is 0 Å². The van der Waals surface area contributed by atoms with Gasteiger partial charge in [-0.3, -0.25) is 4.79 Å². The average molecular weight is 372 g/mol. The highest BCUT2D eigenvalue weighted by Crippen LogP contribution is 2.35. The van der Waals surface area contributed by atoms with E-state index in [4.69, 9.17) is 18.9 Å². The lowest BCUT2D eigenvalue weighted by molar-refractivity contribution is 0.0315. The molecule has 0 aliphatic rings. The molecule has 2 rings (SSSR count). The van der Waals surface area contributed by atoms with E-state index in [2.05, 4.69) is 0 Å². The zero-order chi connectivity index (χ0) is 20.1. The number of esters is 1. The lowest BCUT2D eigenvalue weighted by atomic mass is 10.0. The van der Waals surface area contributed by atoms with Gasteiger partial charge < -0.3 is 18.9 Å². The van der Waals surface area contributed by atoms with E-state index in [-0.39, 0.29) is 17.1 Å². The maximum absolute atomic E-state index is 12.6. The van der Waals surface area contributed by atoms with Crippen LogP contribution in [0, 0.1) is 13.8 Å². The maximum atomic E-state index is 12.6. The summed E-state index contributed by atoms with van der Waals surface area (Å²) in [6.07, 6.45) is -0.947. The minimum absolute atomic E-state index is 0.148. The third-order valence-corrected chi connectivity index (χ3v) is 4.37. The summed E-state index contributed by atoms with van der Waals surface area (Å²) >= 11 is 0. The predicted octanol–water partition coefficient (Wildman–Crippen LogP) is 3.76. The standard InChI is InChI=1S/C21H24O6/c1-12-7-8-15(9-13(12)2)20(22)14(3)27-21(23)16-10-18(25-5)19(26-6)11-17(16)24-4/h7-11,14H,1-6H3/t14-/m1/s1. The number of carbonyl (C=O) groups excluding carboxylic acids is 2. The van der Waals surface area contributed by atoms with Crippen molar-refractivity contribution in [3.05, 3.63) is 52.6 Å². The number of hydrogen-bond donors (Lipinski definition) is 0. The first-order valence-electron chi connectivity index (χ1n) is 8.44. The number of ether oxygens (including phenoxy) is 4. The topological polar surface area (TPSA) is 71.1 Å². The molecule has 0 aliphatic heterocycles. The van der Waals surface area contributed by atoms with Gasteiger partial charge in [0.15, 0.2) is 17.6 Å². The maximum Gasteiger partial charge on any atom is 0.342 e. The van der Waals surface area contributed by atoms with Crippen molar-refractivity contribution in [2.24, 2.45) is 0 Å². The highest BCUT2D eigenvalue weighted by Gasteiger charge is 2.24. The Hall–Kier alpha value is -3.02. The Balaban J connectivity index is 2.25. The number of aryl methyl sites for hydroxylation is 2. The summed E-state index contributed by atoms with van der Waals surface area (Å²) in [6, 6.07) is 8.39. The molecule has 0 spiro atoms. The summed E-state index contributed by atoms with van der Waals surface area (Å²) in [6.45, 7) is 5.44. The van der Waals surface area contributed by atoms with Gasteiger partial charge in [0.05, 0.1) is 21.3 Å². The van der Waals surface area contributed by atoms with Crippen LogP contribution in [0.3, 0.4) is 0 Å². The lowest BCUT2D eigenvalue weighted by Crippen LogP contribution is -2.25. The van der Waals surface area contributed by atoms with E-state index in [0.29, 0.717) is 17.1 Å². The van der Waals surface area contributed by atoms with Gasteiger partial charge in [0.1, 0.15) is 11.3 Å². The first-order valence-corrected chi connectivity index (χ1v) is 8.44. The Labute approximate surface area is 159 Å². The van der Waals surface area contributed by atoms with Gasteiger partial charge in [-0.1, -0.05) is 12.1 Å².